The van der Waals surface area contributed by atoms with Crippen molar-refractivity contribution >= 4 is 62.0 Å². The van der Waals surface area contributed by atoms with Gasteiger partial charge in [0.25, 0.3) is 10.0 Å². The quantitative estimate of drug-likeness (QED) is 0.867. The summed E-state index contributed by atoms with van der Waals surface area (Å²) in [5.74, 6) is 0.0494. The van der Waals surface area contributed by atoms with Crippen LogP contribution in [0.25, 0.3) is 0 Å². The van der Waals surface area contributed by atoms with E-state index in [4.69, 9.17) is 34.8 Å². The largest absolute Gasteiger partial charge is 0.265 e. The zero-order valence-electron chi connectivity index (χ0n) is 8.39. The molecule has 0 unspecified atom stereocenters. The van der Waals surface area contributed by atoms with Gasteiger partial charge in [0.2, 0.25) is 0 Å². The molecule has 0 saturated heterocycles. The van der Waals surface area contributed by atoms with Crippen LogP contribution in [0.2, 0.25) is 13.8 Å². The molecule has 18 heavy (non-hydrogen) atoms. The highest BCUT2D eigenvalue weighted by molar-refractivity contribution is 7.93. The zero-order valence-corrected chi connectivity index (χ0v) is 12.3. The first-order valence-corrected chi connectivity index (χ1v) is 7.77. The highest BCUT2D eigenvalue weighted by atomic mass is 35.5. The second kappa shape index (κ2) is 5.18. The number of thiophene rings is 1. The van der Waals surface area contributed by atoms with Crippen molar-refractivity contribution in [2.45, 2.75) is 4.90 Å². The second-order valence-corrected chi connectivity index (χ2v) is 7.34. The lowest BCUT2D eigenvalue weighted by Crippen LogP contribution is -2.13. The minimum atomic E-state index is -3.84. The first-order chi connectivity index (χ1) is 8.38. The van der Waals surface area contributed by atoms with Gasteiger partial charge in [0.15, 0.2) is 0 Å². The Morgan fingerprint density at radius 1 is 1.17 bits per heavy atom. The first kappa shape index (κ1) is 13.8. The number of hydrogen-bond acceptors (Lipinski definition) is 5. The second-order valence-electron chi connectivity index (χ2n) is 3.02. The van der Waals surface area contributed by atoms with Gasteiger partial charge >= 0.3 is 0 Å². The van der Waals surface area contributed by atoms with Gasteiger partial charge in [0.05, 0.1) is 4.34 Å². The predicted octanol–water partition coefficient (Wildman–Crippen LogP) is 3.30. The van der Waals surface area contributed by atoms with Gasteiger partial charge in [0, 0.05) is 6.07 Å². The lowest BCUT2D eigenvalue weighted by Gasteiger charge is -2.05. The molecule has 2 aromatic rings. The molecular formula is C8H4Cl3N3O2S2. The molecule has 10 heteroatoms. The van der Waals surface area contributed by atoms with Crippen LogP contribution < -0.4 is 4.72 Å². The number of hydrogen-bond donors (Lipinski definition) is 1. The predicted molar refractivity (Wildman–Crippen MR) is 72.2 cm³/mol. The molecule has 0 aliphatic heterocycles. The maximum absolute atomic E-state index is 12.0. The molecule has 0 atom stereocenters. The van der Waals surface area contributed by atoms with E-state index in [0.29, 0.717) is 0 Å². The summed E-state index contributed by atoms with van der Waals surface area (Å²) in [5, 5.41) is 0.122. The number of sulfonamides is 1. The van der Waals surface area contributed by atoms with E-state index in [0.717, 1.165) is 17.7 Å². The minimum Gasteiger partial charge on any atom is -0.263 e. The van der Waals surface area contributed by atoms with E-state index >= 15 is 0 Å². The normalized spacial score (nSPS) is 11.5. The Kier molecular flexibility index (Phi) is 3.98. The van der Waals surface area contributed by atoms with Gasteiger partial charge in [-0.2, -0.15) is 0 Å². The molecule has 96 valence electrons. The summed E-state index contributed by atoms with van der Waals surface area (Å²) in [4.78, 5) is 7.26. The molecule has 0 aliphatic rings. The summed E-state index contributed by atoms with van der Waals surface area (Å²) in [7, 11) is -3.84. The lowest BCUT2D eigenvalue weighted by molar-refractivity contribution is 0.601. The maximum Gasteiger partial charge on any atom is 0.265 e. The molecule has 1 N–H and O–H groups in total. The Hall–Kier alpha value is -0.600. The van der Waals surface area contributed by atoms with Crippen molar-refractivity contribution in [3.63, 3.8) is 0 Å². The molecule has 2 rings (SSSR count). The van der Waals surface area contributed by atoms with E-state index in [1.54, 1.807) is 0 Å². The number of aromatic nitrogens is 2. The maximum atomic E-state index is 12.0. The van der Waals surface area contributed by atoms with E-state index in [-0.39, 0.29) is 24.5 Å². The molecule has 0 fully saturated rings. The molecule has 0 bridgehead atoms. The number of anilines is 1. The average Bonchev–Trinajstić information content (AvgIpc) is 2.58. The molecule has 0 radical (unpaired) electrons. The highest BCUT2D eigenvalue weighted by Gasteiger charge is 2.21. The molecule has 0 aliphatic carbocycles. The summed E-state index contributed by atoms with van der Waals surface area (Å²) in [6.45, 7) is 0. The van der Waals surface area contributed by atoms with Crippen LogP contribution in [-0.4, -0.2) is 18.4 Å². The van der Waals surface area contributed by atoms with Gasteiger partial charge in [-0.15, -0.1) is 11.3 Å². The van der Waals surface area contributed by atoms with E-state index in [9.17, 15) is 8.42 Å². The number of rotatable bonds is 3. The lowest BCUT2D eigenvalue weighted by atomic mass is 10.6. The Morgan fingerprint density at radius 3 is 2.44 bits per heavy atom. The Bertz CT molecular complexity index is 687. The van der Waals surface area contributed by atoms with Crippen LogP contribution in [0.3, 0.4) is 0 Å². The summed E-state index contributed by atoms with van der Waals surface area (Å²) in [5.41, 5.74) is 0. The molecular weight excluding hydrogens is 341 g/mol. The van der Waals surface area contributed by atoms with Gasteiger partial charge < -0.3 is 0 Å². The van der Waals surface area contributed by atoms with Crippen molar-refractivity contribution in [1.82, 2.24) is 9.97 Å². The average molecular weight is 345 g/mol. The third-order valence-corrected chi connectivity index (χ3v) is 5.10. The Morgan fingerprint density at radius 2 is 1.89 bits per heavy atom. The zero-order chi connectivity index (χ0) is 13.3. The molecule has 5 nitrogen and oxygen atoms in total. The van der Waals surface area contributed by atoms with Crippen molar-refractivity contribution in [3.05, 3.63) is 32.3 Å². The number of nitrogens with zero attached hydrogens (tertiary/aromatic N) is 2. The standard InChI is InChI=1S/C8H4Cl3N3O2S2/c9-5-2-7(13-3-12-5)14-18(15,16)4-1-6(10)17-8(4)11/h1-3H,(H,12,13,14). The summed E-state index contributed by atoms with van der Waals surface area (Å²) >= 11 is 18.1. The third kappa shape index (κ3) is 3.04. The SMILES string of the molecule is O=S(=O)(Nc1cc(Cl)ncn1)c1cc(Cl)sc1Cl. The first-order valence-electron chi connectivity index (χ1n) is 4.34. The Balaban J connectivity index is 2.36. The van der Waals surface area contributed by atoms with E-state index in [1.165, 1.54) is 12.1 Å². The molecule has 0 amide bonds. The Labute approximate surface area is 122 Å². The van der Waals surface area contributed by atoms with Crippen LogP contribution in [0, 0.1) is 0 Å². The van der Waals surface area contributed by atoms with Crippen LogP contribution in [0.15, 0.2) is 23.4 Å². The topological polar surface area (TPSA) is 72.0 Å². The number of nitrogens with one attached hydrogen (secondary N) is 1. The van der Waals surface area contributed by atoms with Crippen LogP contribution in [0.1, 0.15) is 0 Å². The van der Waals surface area contributed by atoms with Crippen molar-refractivity contribution < 1.29 is 8.42 Å². The fourth-order valence-corrected chi connectivity index (χ4v) is 4.39. The van der Waals surface area contributed by atoms with Gasteiger partial charge in [0.1, 0.15) is 26.5 Å². The summed E-state index contributed by atoms with van der Waals surface area (Å²) in [6, 6.07) is 2.54. The smallest absolute Gasteiger partial charge is 0.263 e. The summed E-state index contributed by atoms with van der Waals surface area (Å²) < 4.78 is 26.6. The van der Waals surface area contributed by atoms with E-state index in [1.807, 2.05) is 0 Å². The van der Waals surface area contributed by atoms with Crippen LogP contribution in [-0.2, 0) is 10.0 Å². The van der Waals surface area contributed by atoms with Crippen LogP contribution in [0.4, 0.5) is 5.82 Å². The van der Waals surface area contributed by atoms with Gasteiger partial charge in [-0.1, -0.05) is 34.8 Å². The van der Waals surface area contributed by atoms with Crippen molar-refractivity contribution in [2.75, 3.05) is 4.72 Å². The molecule has 2 heterocycles. The monoisotopic (exact) mass is 343 g/mol. The fourth-order valence-electron chi connectivity index (χ4n) is 1.09. The van der Waals surface area contributed by atoms with Crippen molar-refractivity contribution in [2.24, 2.45) is 0 Å². The fraction of sp³-hybridized carbons (Fsp3) is 0. The molecule has 2 aromatic heterocycles. The van der Waals surface area contributed by atoms with Crippen molar-refractivity contribution in [3.8, 4) is 0 Å². The van der Waals surface area contributed by atoms with Gasteiger partial charge in [-0.05, 0) is 6.07 Å². The third-order valence-electron chi connectivity index (χ3n) is 1.79. The number of halogens is 3. The minimum absolute atomic E-state index is 0.0494. The van der Waals surface area contributed by atoms with Crippen LogP contribution in [0.5, 0.6) is 0 Å². The van der Waals surface area contributed by atoms with Crippen LogP contribution >= 0.6 is 46.1 Å². The molecule has 0 spiro atoms. The van der Waals surface area contributed by atoms with E-state index in [2.05, 4.69) is 14.7 Å². The van der Waals surface area contributed by atoms with E-state index < -0.39 is 10.0 Å². The summed E-state index contributed by atoms with van der Waals surface area (Å²) in [6.07, 6.45) is 1.14. The molecule has 0 aromatic carbocycles. The van der Waals surface area contributed by atoms with Gasteiger partial charge in [-0.25, -0.2) is 18.4 Å². The molecule has 0 saturated carbocycles. The highest BCUT2D eigenvalue weighted by Crippen LogP contribution is 2.34. The van der Waals surface area contributed by atoms with Crippen molar-refractivity contribution in [1.29, 1.82) is 0 Å². The van der Waals surface area contributed by atoms with Gasteiger partial charge in [-0.3, -0.25) is 4.72 Å².